The molecule has 2 heteroatoms. The van der Waals surface area contributed by atoms with Crippen LogP contribution < -0.4 is 9.80 Å². The van der Waals surface area contributed by atoms with Crippen molar-refractivity contribution >= 4 is 55.7 Å². The molecule has 0 saturated carbocycles. The third kappa shape index (κ3) is 7.59. The highest BCUT2D eigenvalue weighted by Gasteiger charge is 2.16. The zero-order valence-electron chi connectivity index (χ0n) is 39.0. The lowest BCUT2D eigenvalue weighted by Crippen LogP contribution is -2.09. The Kier molecular flexibility index (Phi) is 9.14. The number of nitrogens with zero attached hydrogens (tertiary/aromatic N) is 2. The Bertz CT molecular complexity index is 3540. The van der Waals surface area contributed by atoms with Gasteiger partial charge in [-0.05, 0) is 139 Å². The van der Waals surface area contributed by atoms with Gasteiger partial charge in [-0.1, -0.05) is 194 Å². The molecule has 0 fully saturated rings. The predicted molar refractivity (Wildman–Crippen MR) is 273 cm³/mol. The van der Waals surface area contributed by atoms with Crippen LogP contribution in [0.1, 0.15) is 5.48 Å². The molecule has 302 valence electrons. The van der Waals surface area contributed by atoms with E-state index in [1.54, 1.807) is 0 Å². The number of benzene rings is 11. The first kappa shape index (κ1) is 34.2. The Morgan fingerprint density at radius 2 is 0.531 bits per heavy atom. The molecule has 0 bridgehead atoms. The normalized spacial score (nSPS) is 12.0. The maximum Gasteiger partial charge on any atom is 0.0645 e. The highest BCUT2D eigenvalue weighted by atomic mass is 15.1. The third-order valence-corrected chi connectivity index (χ3v) is 11.9. The summed E-state index contributed by atoms with van der Waals surface area (Å²) in [4.78, 5) is 4.08. The fourth-order valence-electron chi connectivity index (χ4n) is 8.74. The van der Waals surface area contributed by atoms with Crippen molar-refractivity contribution in [1.29, 1.82) is 0 Å². The maximum atomic E-state index is 9.42. The van der Waals surface area contributed by atoms with Gasteiger partial charge in [0.25, 0.3) is 0 Å². The third-order valence-electron chi connectivity index (χ3n) is 11.9. The van der Waals surface area contributed by atoms with Gasteiger partial charge >= 0.3 is 0 Å². The summed E-state index contributed by atoms with van der Waals surface area (Å²) in [5.74, 6) is 0. The Hall–Kier alpha value is -8.46. The van der Waals surface area contributed by atoms with Crippen molar-refractivity contribution in [3.8, 4) is 44.5 Å². The molecular formula is C62H44N2. The molecule has 0 spiro atoms. The van der Waals surface area contributed by atoms with Crippen molar-refractivity contribution in [3.63, 3.8) is 0 Å². The summed E-state index contributed by atoms with van der Waals surface area (Å²) < 4.78 is 37.5. The van der Waals surface area contributed by atoms with Gasteiger partial charge in [-0.3, -0.25) is 0 Å². The fraction of sp³-hybridized carbons (Fsp3) is 0. The molecule has 64 heavy (non-hydrogen) atoms. The number of para-hydroxylation sites is 2. The summed E-state index contributed by atoms with van der Waals surface area (Å²) in [6.07, 6.45) is 0. The first-order valence-corrected chi connectivity index (χ1v) is 21.6. The SMILES string of the molecule is [2H]c1c([2H])c(N(c2ccccc2)c2ccc(-c3cccc4ccccc34)cc2)c([2H])c([2H])c1-c1ccc(-c2ccc(N(c3ccccc3)c3ccc(-c4cccc5ccccc45)cc3)cc2)cc1. The van der Waals surface area contributed by atoms with Crippen LogP contribution in [-0.4, -0.2) is 0 Å². The molecule has 11 aromatic rings. The smallest absolute Gasteiger partial charge is 0.0645 e. The van der Waals surface area contributed by atoms with Crippen LogP contribution in [0.3, 0.4) is 0 Å². The minimum absolute atomic E-state index is 0.0995. The Balaban J connectivity index is 0.889. The number of fused-ring (bicyclic) bond motifs is 2. The van der Waals surface area contributed by atoms with Gasteiger partial charge in [-0.2, -0.15) is 0 Å². The van der Waals surface area contributed by atoms with Gasteiger partial charge in [0.15, 0.2) is 0 Å². The van der Waals surface area contributed by atoms with Crippen LogP contribution in [0.4, 0.5) is 34.1 Å². The van der Waals surface area contributed by atoms with E-state index in [9.17, 15) is 5.48 Å². The fourth-order valence-corrected chi connectivity index (χ4v) is 8.74. The first-order valence-electron chi connectivity index (χ1n) is 23.6. The summed E-state index contributed by atoms with van der Waals surface area (Å²) in [5, 5.41) is 4.77. The van der Waals surface area contributed by atoms with Gasteiger partial charge in [-0.25, -0.2) is 0 Å². The van der Waals surface area contributed by atoms with Crippen LogP contribution in [0.15, 0.2) is 267 Å². The minimum atomic E-state index is -0.117. The second-order valence-corrected chi connectivity index (χ2v) is 15.8. The summed E-state index contributed by atoms with van der Waals surface area (Å²) in [5.41, 5.74) is 12.1. The average Bonchev–Trinajstić information content (AvgIpc) is 3.40. The largest absolute Gasteiger partial charge is 0.311 e. The summed E-state index contributed by atoms with van der Waals surface area (Å²) in [6.45, 7) is 0. The Morgan fingerprint density at radius 1 is 0.219 bits per heavy atom. The molecule has 2 nitrogen and oxygen atoms in total. The molecule has 0 aliphatic carbocycles. The van der Waals surface area contributed by atoms with E-state index in [-0.39, 0.29) is 35.4 Å². The monoisotopic (exact) mass is 820 g/mol. The van der Waals surface area contributed by atoms with Crippen molar-refractivity contribution in [1.82, 2.24) is 0 Å². The van der Waals surface area contributed by atoms with Crippen LogP contribution in [-0.2, 0) is 0 Å². The van der Waals surface area contributed by atoms with Gasteiger partial charge in [0, 0.05) is 34.1 Å². The van der Waals surface area contributed by atoms with E-state index in [0.29, 0.717) is 5.56 Å². The Labute approximate surface area is 380 Å². The standard InChI is InChI=1S/C62H44N2/c1-3-17-53(18-4-1)63(57-41-33-51(34-42-57)61-23-11-15-49-13-7-9-21-59(49)61)55-37-29-47(30-38-55)45-25-27-46(28-26-45)48-31-39-56(40-32-48)64(54-19-5-2-6-20-54)58-43-35-52(36-44-58)62-24-12-16-50-14-8-10-22-60(50)62/h1-44H/i29D,30D,37D,38D. The van der Waals surface area contributed by atoms with E-state index in [0.717, 1.165) is 67.0 Å². The molecule has 11 rings (SSSR count). The number of rotatable bonds is 10. The minimum Gasteiger partial charge on any atom is -0.311 e. The quantitative estimate of drug-likeness (QED) is 0.136. The number of anilines is 6. The average molecular weight is 821 g/mol. The second kappa shape index (κ2) is 17.1. The topological polar surface area (TPSA) is 6.48 Å². The molecule has 0 saturated heterocycles. The van der Waals surface area contributed by atoms with Crippen LogP contribution in [0, 0.1) is 0 Å². The number of hydrogen-bond acceptors (Lipinski definition) is 2. The summed E-state index contributed by atoms with van der Waals surface area (Å²) in [7, 11) is 0. The van der Waals surface area contributed by atoms with Crippen LogP contribution >= 0.6 is 0 Å². The van der Waals surface area contributed by atoms with Gasteiger partial charge in [0.05, 0.1) is 5.48 Å². The lowest BCUT2D eigenvalue weighted by atomic mass is 9.98. The van der Waals surface area contributed by atoms with Gasteiger partial charge in [0.2, 0.25) is 0 Å². The van der Waals surface area contributed by atoms with E-state index in [4.69, 9.17) is 0 Å². The van der Waals surface area contributed by atoms with Crippen molar-refractivity contribution < 1.29 is 5.48 Å². The van der Waals surface area contributed by atoms with Crippen LogP contribution in [0.25, 0.3) is 66.1 Å². The van der Waals surface area contributed by atoms with E-state index in [1.807, 2.05) is 89.8 Å². The van der Waals surface area contributed by atoms with E-state index in [2.05, 4.69) is 163 Å². The molecule has 0 N–H and O–H groups in total. The highest BCUT2D eigenvalue weighted by molar-refractivity contribution is 5.98. The highest BCUT2D eigenvalue weighted by Crippen LogP contribution is 2.40. The van der Waals surface area contributed by atoms with Gasteiger partial charge in [0.1, 0.15) is 0 Å². The maximum absolute atomic E-state index is 9.42. The zero-order chi connectivity index (χ0) is 46.1. The lowest BCUT2D eigenvalue weighted by Gasteiger charge is -2.26. The molecular weight excluding hydrogens is 773 g/mol. The van der Waals surface area contributed by atoms with E-state index >= 15 is 0 Å². The van der Waals surface area contributed by atoms with Crippen LogP contribution in [0.5, 0.6) is 0 Å². The molecule has 0 heterocycles. The molecule has 11 aromatic carbocycles. The predicted octanol–water partition coefficient (Wildman–Crippen LogP) is 17.6. The lowest BCUT2D eigenvalue weighted by molar-refractivity contribution is 1.28. The molecule has 0 amide bonds. The molecule has 0 radical (unpaired) electrons. The van der Waals surface area contributed by atoms with Crippen LogP contribution in [0.2, 0.25) is 0 Å². The first-order chi connectivity index (χ1) is 33.4. The van der Waals surface area contributed by atoms with Crippen molar-refractivity contribution in [2.24, 2.45) is 0 Å². The number of hydrogen-bond donors (Lipinski definition) is 0. The summed E-state index contributed by atoms with van der Waals surface area (Å²) in [6, 6.07) is 82.2. The van der Waals surface area contributed by atoms with Crippen molar-refractivity contribution in [2.75, 3.05) is 9.80 Å². The second-order valence-electron chi connectivity index (χ2n) is 15.8. The van der Waals surface area contributed by atoms with E-state index in [1.165, 1.54) is 16.3 Å². The Morgan fingerprint density at radius 3 is 0.969 bits per heavy atom. The van der Waals surface area contributed by atoms with Gasteiger partial charge in [-0.15, -0.1) is 0 Å². The van der Waals surface area contributed by atoms with Crippen molar-refractivity contribution in [2.45, 2.75) is 0 Å². The molecule has 0 aliphatic rings. The van der Waals surface area contributed by atoms with E-state index < -0.39 is 0 Å². The molecule has 0 atom stereocenters. The zero-order valence-corrected chi connectivity index (χ0v) is 35.0. The summed E-state index contributed by atoms with van der Waals surface area (Å²) >= 11 is 0. The van der Waals surface area contributed by atoms with Crippen molar-refractivity contribution in [3.05, 3.63) is 267 Å². The molecule has 0 aliphatic heterocycles. The molecule has 0 aromatic heterocycles. The van der Waals surface area contributed by atoms with Gasteiger partial charge < -0.3 is 9.80 Å². The molecule has 0 unspecified atom stereocenters.